The highest BCUT2D eigenvalue weighted by atomic mass is 19.1. The highest BCUT2D eigenvalue weighted by Gasteiger charge is 1.98. The summed E-state index contributed by atoms with van der Waals surface area (Å²) in [6.07, 6.45) is 1.44. The van der Waals surface area contributed by atoms with Crippen molar-refractivity contribution in [2.24, 2.45) is 4.99 Å². The molecule has 0 bridgehead atoms. The van der Waals surface area contributed by atoms with Gasteiger partial charge in [0.15, 0.2) is 0 Å². The molecule has 2 aromatic carbocycles. The maximum absolute atomic E-state index is 13.2. The van der Waals surface area contributed by atoms with Crippen LogP contribution in [0, 0.1) is 5.82 Å². The quantitative estimate of drug-likeness (QED) is 0.766. The third-order valence-corrected chi connectivity index (χ3v) is 2.13. The van der Waals surface area contributed by atoms with E-state index in [9.17, 15) is 9.50 Å². The summed E-state index contributed by atoms with van der Waals surface area (Å²) in [5.41, 5.74) is 0.816. The van der Waals surface area contributed by atoms with E-state index >= 15 is 0 Å². The van der Waals surface area contributed by atoms with Gasteiger partial charge >= 0.3 is 0 Å². The van der Waals surface area contributed by atoms with Crippen LogP contribution >= 0.6 is 0 Å². The minimum absolute atomic E-state index is 0.127. The van der Waals surface area contributed by atoms with Crippen molar-refractivity contribution < 1.29 is 9.50 Å². The number of benzene rings is 2. The number of aliphatic imine (C=N–C) groups is 1. The molecular weight excluding hydrogens is 205 g/mol. The predicted molar refractivity (Wildman–Crippen MR) is 61.8 cm³/mol. The minimum atomic E-state index is -0.380. The Morgan fingerprint density at radius 2 is 1.69 bits per heavy atom. The van der Waals surface area contributed by atoms with Crippen molar-refractivity contribution in [1.82, 2.24) is 0 Å². The SMILES string of the molecule is Oc1ccccc1C=Nc1ccccc1F. The van der Waals surface area contributed by atoms with Crippen LogP contribution in [0.3, 0.4) is 0 Å². The lowest BCUT2D eigenvalue weighted by atomic mass is 10.2. The maximum atomic E-state index is 13.2. The fourth-order valence-electron chi connectivity index (χ4n) is 1.29. The zero-order chi connectivity index (χ0) is 11.4. The van der Waals surface area contributed by atoms with Crippen molar-refractivity contribution in [3.8, 4) is 5.75 Å². The van der Waals surface area contributed by atoms with Crippen LogP contribution in [0.25, 0.3) is 0 Å². The molecule has 2 aromatic rings. The van der Waals surface area contributed by atoms with E-state index < -0.39 is 0 Å². The largest absolute Gasteiger partial charge is 0.507 e. The molecule has 0 spiro atoms. The summed E-state index contributed by atoms with van der Waals surface area (Å²) >= 11 is 0. The van der Waals surface area contributed by atoms with Gasteiger partial charge in [0.2, 0.25) is 0 Å². The van der Waals surface area contributed by atoms with Crippen LogP contribution in [-0.2, 0) is 0 Å². The van der Waals surface area contributed by atoms with Crippen molar-refractivity contribution >= 4 is 11.9 Å². The predicted octanol–water partition coefficient (Wildman–Crippen LogP) is 3.28. The van der Waals surface area contributed by atoms with E-state index in [1.807, 2.05) is 0 Å². The Balaban J connectivity index is 2.29. The second-order valence-corrected chi connectivity index (χ2v) is 3.27. The standard InChI is InChI=1S/C13H10FNO/c14-11-6-2-3-7-12(11)15-9-10-5-1-4-8-13(10)16/h1-9,16H. The summed E-state index contributed by atoms with van der Waals surface area (Å²) in [6.45, 7) is 0. The minimum Gasteiger partial charge on any atom is -0.507 e. The topological polar surface area (TPSA) is 32.6 Å². The summed E-state index contributed by atoms with van der Waals surface area (Å²) in [7, 11) is 0. The van der Waals surface area contributed by atoms with Gasteiger partial charge in [0, 0.05) is 11.8 Å². The average Bonchev–Trinajstić information content (AvgIpc) is 2.30. The molecule has 0 atom stereocenters. The molecule has 3 heteroatoms. The van der Waals surface area contributed by atoms with Gasteiger partial charge in [0.05, 0.1) is 5.69 Å². The number of phenols is 1. The maximum Gasteiger partial charge on any atom is 0.148 e. The van der Waals surface area contributed by atoms with E-state index in [2.05, 4.69) is 4.99 Å². The fourth-order valence-corrected chi connectivity index (χ4v) is 1.29. The number of aromatic hydroxyl groups is 1. The summed E-state index contributed by atoms with van der Waals surface area (Å²) in [4.78, 5) is 3.98. The van der Waals surface area contributed by atoms with E-state index in [1.165, 1.54) is 12.3 Å². The number of para-hydroxylation sites is 2. The molecule has 2 rings (SSSR count). The van der Waals surface area contributed by atoms with Crippen LogP contribution in [0.15, 0.2) is 53.5 Å². The van der Waals surface area contributed by atoms with E-state index in [-0.39, 0.29) is 17.3 Å². The van der Waals surface area contributed by atoms with Crippen molar-refractivity contribution in [3.05, 3.63) is 59.9 Å². The van der Waals surface area contributed by atoms with E-state index in [1.54, 1.807) is 42.5 Å². The van der Waals surface area contributed by atoms with Gasteiger partial charge in [-0.05, 0) is 24.3 Å². The van der Waals surface area contributed by atoms with Crippen LogP contribution in [0.2, 0.25) is 0 Å². The van der Waals surface area contributed by atoms with Crippen LogP contribution in [0.5, 0.6) is 5.75 Å². The van der Waals surface area contributed by atoms with E-state index in [0.29, 0.717) is 5.56 Å². The first-order chi connectivity index (χ1) is 7.77. The molecule has 16 heavy (non-hydrogen) atoms. The normalized spacial score (nSPS) is 10.8. The Kier molecular flexibility index (Phi) is 2.96. The molecule has 0 aromatic heterocycles. The Bertz CT molecular complexity index is 475. The van der Waals surface area contributed by atoms with E-state index in [0.717, 1.165) is 0 Å². The smallest absolute Gasteiger partial charge is 0.148 e. The van der Waals surface area contributed by atoms with Crippen molar-refractivity contribution in [2.45, 2.75) is 0 Å². The third-order valence-electron chi connectivity index (χ3n) is 2.13. The number of hydrogen-bond donors (Lipinski definition) is 1. The second kappa shape index (κ2) is 4.57. The molecule has 80 valence electrons. The number of phenolic OH excluding ortho intramolecular Hbond substituents is 1. The number of rotatable bonds is 2. The molecule has 0 saturated carbocycles. The molecule has 0 radical (unpaired) electrons. The van der Waals surface area contributed by atoms with Gasteiger partial charge in [0.1, 0.15) is 11.6 Å². The molecule has 0 aliphatic carbocycles. The second-order valence-electron chi connectivity index (χ2n) is 3.27. The fraction of sp³-hybridized carbons (Fsp3) is 0. The summed E-state index contributed by atoms with van der Waals surface area (Å²) in [6, 6.07) is 13.0. The highest BCUT2D eigenvalue weighted by Crippen LogP contribution is 2.18. The van der Waals surface area contributed by atoms with Gasteiger partial charge in [-0.1, -0.05) is 24.3 Å². The molecule has 0 aliphatic rings. The average molecular weight is 215 g/mol. The van der Waals surface area contributed by atoms with Gasteiger partial charge in [-0.15, -0.1) is 0 Å². The molecule has 0 fully saturated rings. The molecule has 0 heterocycles. The summed E-state index contributed by atoms with van der Waals surface area (Å²) in [5.74, 6) is -0.253. The van der Waals surface area contributed by atoms with Crippen LogP contribution in [0.1, 0.15) is 5.56 Å². The molecule has 2 nitrogen and oxygen atoms in total. The first-order valence-corrected chi connectivity index (χ1v) is 4.84. The monoisotopic (exact) mass is 215 g/mol. The number of nitrogens with zero attached hydrogens (tertiary/aromatic N) is 1. The first kappa shape index (κ1) is 10.4. The summed E-state index contributed by atoms with van der Waals surface area (Å²) in [5, 5.41) is 9.47. The zero-order valence-electron chi connectivity index (χ0n) is 8.47. The van der Waals surface area contributed by atoms with Crippen LogP contribution in [0.4, 0.5) is 10.1 Å². The van der Waals surface area contributed by atoms with Gasteiger partial charge in [-0.2, -0.15) is 0 Å². The molecule has 0 aliphatic heterocycles. The van der Waals surface area contributed by atoms with Gasteiger partial charge in [-0.25, -0.2) is 4.39 Å². The molecular formula is C13H10FNO. The molecule has 0 unspecified atom stereocenters. The lowest BCUT2D eigenvalue weighted by Gasteiger charge is -1.97. The van der Waals surface area contributed by atoms with Crippen molar-refractivity contribution in [3.63, 3.8) is 0 Å². The lowest BCUT2D eigenvalue weighted by Crippen LogP contribution is -1.82. The van der Waals surface area contributed by atoms with Crippen LogP contribution < -0.4 is 0 Å². The molecule has 0 amide bonds. The van der Waals surface area contributed by atoms with E-state index in [4.69, 9.17) is 0 Å². The Hall–Kier alpha value is -2.16. The van der Waals surface area contributed by atoms with Crippen LogP contribution in [-0.4, -0.2) is 11.3 Å². The Morgan fingerprint density at radius 3 is 2.44 bits per heavy atom. The van der Waals surface area contributed by atoms with Gasteiger partial charge < -0.3 is 5.11 Å². The number of hydrogen-bond acceptors (Lipinski definition) is 2. The molecule has 0 saturated heterocycles. The van der Waals surface area contributed by atoms with Gasteiger partial charge in [-0.3, -0.25) is 4.99 Å². The lowest BCUT2D eigenvalue weighted by molar-refractivity contribution is 0.474. The van der Waals surface area contributed by atoms with Gasteiger partial charge in [0.25, 0.3) is 0 Å². The molecule has 1 N–H and O–H groups in total. The van der Waals surface area contributed by atoms with Crippen molar-refractivity contribution in [2.75, 3.05) is 0 Å². The Morgan fingerprint density at radius 1 is 1.00 bits per heavy atom. The highest BCUT2D eigenvalue weighted by molar-refractivity contribution is 5.85. The van der Waals surface area contributed by atoms with Crippen molar-refractivity contribution in [1.29, 1.82) is 0 Å². The number of halogens is 1. The third kappa shape index (κ3) is 2.25. The summed E-state index contributed by atoms with van der Waals surface area (Å²) < 4.78 is 13.2. The zero-order valence-corrected chi connectivity index (χ0v) is 8.47. The Labute approximate surface area is 92.7 Å². The first-order valence-electron chi connectivity index (χ1n) is 4.84.